The molecule has 0 saturated heterocycles. The second kappa shape index (κ2) is 5.54. The third kappa shape index (κ3) is 3.73. The molecule has 0 amide bonds. The van der Waals surface area contributed by atoms with Crippen molar-refractivity contribution in [2.75, 3.05) is 6.54 Å². The molecule has 0 radical (unpaired) electrons. The summed E-state index contributed by atoms with van der Waals surface area (Å²) in [5.74, 6) is 0.249. The van der Waals surface area contributed by atoms with Crippen molar-refractivity contribution in [1.29, 1.82) is 0 Å². The van der Waals surface area contributed by atoms with E-state index in [4.69, 9.17) is 0 Å². The summed E-state index contributed by atoms with van der Waals surface area (Å²) in [7, 11) is 0. The van der Waals surface area contributed by atoms with Crippen LogP contribution in [0.3, 0.4) is 0 Å². The Morgan fingerprint density at radius 1 is 1.24 bits per heavy atom. The van der Waals surface area contributed by atoms with Crippen LogP contribution in [-0.2, 0) is 6.18 Å². The highest BCUT2D eigenvalue weighted by Gasteiger charge is 2.31. The van der Waals surface area contributed by atoms with Crippen molar-refractivity contribution in [3.8, 4) is 0 Å². The molecule has 0 aliphatic carbocycles. The monoisotopic (exact) mass is 245 g/mol. The van der Waals surface area contributed by atoms with Gasteiger partial charge < -0.3 is 5.32 Å². The smallest absolute Gasteiger partial charge is 0.310 e. The molecular weight excluding hydrogens is 227 g/mol. The van der Waals surface area contributed by atoms with Gasteiger partial charge in [0.15, 0.2) is 0 Å². The van der Waals surface area contributed by atoms with Gasteiger partial charge in [0.25, 0.3) is 0 Å². The molecule has 1 unspecified atom stereocenters. The Morgan fingerprint density at radius 3 is 2.35 bits per heavy atom. The van der Waals surface area contributed by atoms with Gasteiger partial charge in [0.1, 0.15) is 0 Å². The van der Waals surface area contributed by atoms with Gasteiger partial charge in [-0.1, -0.05) is 32.9 Å². The average Bonchev–Trinajstić information content (AvgIpc) is 2.24. The van der Waals surface area contributed by atoms with E-state index in [1.54, 1.807) is 6.07 Å². The zero-order valence-electron chi connectivity index (χ0n) is 10.3. The van der Waals surface area contributed by atoms with Gasteiger partial charge in [0.2, 0.25) is 0 Å². The van der Waals surface area contributed by atoms with Gasteiger partial charge >= 0.3 is 6.18 Å². The van der Waals surface area contributed by atoms with Crippen molar-refractivity contribution in [3.63, 3.8) is 0 Å². The fraction of sp³-hybridized carbons (Fsp3) is 0.538. The molecular formula is C13H18F3N. The Balaban J connectivity index is 3.04. The van der Waals surface area contributed by atoms with Gasteiger partial charge in [-0.2, -0.15) is 13.2 Å². The normalized spacial score (nSPS) is 14.1. The zero-order valence-corrected chi connectivity index (χ0v) is 10.3. The second-order valence-corrected chi connectivity index (χ2v) is 4.40. The molecule has 4 heteroatoms. The van der Waals surface area contributed by atoms with Crippen LogP contribution >= 0.6 is 0 Å². The Hall–Kier alpha value is -1.03. The van der Waals surface area contributed by atoms with Gasteiger partial charge in [0.05, 0.1) is 5.56 Å². The van der Waals surface area contributed by atoms with Crippen LogP contribution in [0.2, 0.25) is 0 Å². The summed E-state index contributed by atoms with van der Waals surface area (Å²) >= 11 is 0. The lowest BCUT2D eigenvalue weighted by molar-refractivity contribution is -0.137. The number of benzene rings is 1. The van der Waals surface area contributed by atoms with Crippen molar-refractivity contribution in [2.45, 2.75) is 33.0 Å². The predicted octanol–water partition coefficient (Wildman–Crippen LogP) is 4.01. The van der Waals surface area contributed by atoms with Crippen molar-refractivity contribution in [3.05, 3.63) is 35.4 Å². The Bertz CT molecular complexity index is 358. The van der Waals surface area contributed by atoms with E-state index in [1.807, 2.05) is 20.8 Å². The lowest BCUT2D eigenvalue weighted by Gasteiger charge is -2.23. The second-order valence-electron chi connectivity index (χ2n) is 4.40. The fourth-order valence-corrected chi connectivity index (χ4v) is 1.87. The number of halogens is 3. The number of hydrogen-bond donors (Lipinski definition) is 1. The van der Waals surface area contributed by atoms with Crippen molar-refractivity contribution >= 4 is 0 Å². The maximum absolute atomic E-state index is 12.6. The molecule has 0 aromatic heterocycles. The van der Waals surface area contributed by atoms with Crippen LogP contribution in [0.4, 0.5) is 13.2 Å². The average molecular weight is 245 g/mol. The molecule has 1 nitrogen and oxygen atoms in total. The van der Waals surface area contributed by atoms with Gasteiger partial charge in [-0.05, 0) is 30.2 Å². The highest BCUT2D eigenvalue weighted by Crippen LogP contribution is 2.32. The van der Waals surface area contributed by atoms with Gasteiger partial charge in [0, 0.05) is 6.04 Å². The van der Waals surface area contributed by atoms with Gasteiger partial charge in [-0.3, -0.25) is 0 Å². The lowest BCUT2D eigenvalue weighted by atomic mass is 9.94. The minimum Gasteiger partial charge on any atom is -0.310 e. The van der Waals surface area contributed by atoms with Crippen LogP contribution < -0.4 is 5.32 Å². The van der Waals surface area contributed by atoms with Crippen LogP contribution in [0.1, 0.15) is 37.9 Å². The highest BCUT2D eigenvalue weighted by molar-refractivity contribution is 5.28. The molecule has 0 saturated carbocycles. The van der Waals surface area contributed by atoms with Crippen molar-refractivity contribution in [1.82, 2.24) is 5.32 Å². The van der Waals surface area contributed by atoms with Crippen LogP contribution in [0.15, 0.2) is 24.3 Å². The Labute approximate surface area is 100 Å². The molecule has 0 heterocycles. The molecule has 1 N–H and O–H groups in total. The summed E-state index contributed by atoms with van der Waals surface area (Å²) < 4.78 is 37.8. The number of rotatable bonds is 4. The zero-order chi connectivity index (χ0) is 13.1. The van der Waals surface area contributed by atoms with E-state index in [2.05, 4.69) is 5.32 Å². The van der Waals surface area contributed by atoms with E-state index in [0.717, 1.165) is 12.6 Å². The molecule has 96 valence electrons. The van der Waals surface area contributed by atoms with Crippen molar-refractivity contribution in [2.24, 2.45) is 5.92 Å². The first-order chi connectivity index (χ1) is 7.86. The highest BCUT2D eigenvalue weighted by atomic mass is 19.4. The van der Waals surface area contributed by atoms with Gasteiger partial charge in [-0.25, -0.2) is 0 Å². The first-order valence-electron chi connectivity index (χ1n) is 5.76. The summed E-state index contributed by atoms with van der Waals surface area (Å²) in [6, 6.07) is 5.50. The van der Waals surface area contributed by atoms with Gasteiger partial charge in [-0.15, -0.1) is 0 Å². The van der Waals surface area contributed by atoms with E-state index in [1.165, 1.54) is 12.1 Å². The number of alkyl halides is 3. The van der Waals surface area contributed by atoms with E-state index in [-0.39, 0.29) is 12.0 Å². The first kappa shape index (κ1) is 14.0. The maximum atomic E-state index is 12.6. The topological polar surface area (TPSA) is 12.0 Å². The molecule has 1 rings (SSSR count). The summed E-state index contributed by atoms with van der Waals surface area (Å²) in [5.41, 5.74) is 0.107. The standard InChI is InChI=1S/C13H18F3N/c1-4-17-12(9(2)3)10-6-5-7-11(8-10)13(14,15)16/h5-9,12,17H,4H2,1-3H3. The largest absolute Gasteiger partial charge is 0.416 e. The van der Waals surface area contributed by atoms with Crippen molar-refractivity contribution < 1.29 is 13.2 Å². The fourth-order valence-electron chi connectivity index (χ4n) is 1.87. The lowest BCUT2D eigenvalue weighted by Crippen LogP contribution is -2.25. The molecule has 0 aliphatic rings. The van der Waals surface area contributed by atoms with Crippen LogP contribution in [0.5, 0.6) is 0 Å². The predicted molar refractivity (Wildman–Crippen MR) is 62.7 cm³/mol. The summed E-state index contributed by atoms with van der Waals surface area (Å²) in [4.78, 5) is 0. The Kier molecular flexibility index (Phi) is 4.57. The number of nitrogens with one attached hydrogen (secondary N) is 1. The maximum Gasteiger partial charge on any atom is 0.416 e. The van der Waals surface area contributed by atoms with E-state index in [0.29, 0.717) is 5.56 Å². The quantitative estimate of drug-likeness (QED) is 0.845. The minimum absolute atomic E-state index is 0.0395. The summed E-state index contributed by atoms with van der Waals surface area (Å²) in [6.07, 6.45) is -4.27. The third-order valence-corrected chi connectivity index (χ3v) is 2.66. The third-order valence-electron chi connectivity index (χ3n) is 2.66. The molecule has 17 heavy (non-hydrogen) atoms. The summed E-state index contributed by atoms with van der Waals surface area (Å²) in [5, 5.41) is 3.21. The molecule has 0 spiro atoms. The van der Waals surface area contributed by atoms with Crippen LogP contribution in [0.25, 0.3) is 0 Å². The minimum atomic E-state index is -4.27. The number of hydrogen-bond acceptors (Lipinski definition) is 1. The van der Waals surface area contributed by atoms with E-state index in [9.17, 15) is 13.2 Å². The Morgan fingerprint density at radius 2 is 1.88 bits per heavy atom. The summed E-state index contributed by atoms with van der Waals surface area (Å²) in [6.45, 7) is 6.67. The molecule has 1 aromatic carbocycles. The van der Waals surface area contributed by atoms with E-state index >= 15 is 0 Å². The SMILES string of the molecule is CCNC(c1cccc(C(F)(F)F)c1)C(C)C. The van der Waals surface area contributed by atoms with Crippen LogP contribution in [0, 0.1) is 5.92 Å². The first-order valence-corrected chi connectivity index (χ1v) is 5.76. The van der Waals surface area contributed by atoms with E-state index < -0.39 is 11.7 Å². The molecule has 1 atom stereocenters. The van der Waals surface area contributed by atoms with Crippen LogP contribution in [-0.4, -0.2) is 6.54 Å². The molecule has 0 bridgehead atoms. The molecule has 0 fully saturated rings. The molecule has 0 aliphatic heterocycles. The molecule has 1 aromatic rings.